The van der Waals surface area contributed by atoms with Crippen LogP contribution in [-0.4, -0.2) is 36.4 Å². The lowest BCUT2D eigenvalue weighted by Gasteiger charge is -2.45. The van der Waals surface area contributed by atoms with Crippen molar-refractivity contribution in [1.29, 1.82) is 0 Å². The van der Waals surface area contributed by atoms with Crippen LogP contribution < -0.4 is 0 Å². The highest BCUT2D eigenvalue weighted by molar-refractivity contribution is 5.90. The summed E-state index contributed by atoms with van der Waals surface area (Å²) in [6, 6.07) is 17.9. The molecule has 2 aromatic rings. The lowest BCUT2D eigenvalue weighted by Crippen LogP contribution is -2.54. The number of carbonyl (C=O) groups excluding carboxylic acids is 2. The molecular formula is C26H28O5. The van der Waals surface area contributed by atoms with Crippen LogP contribution in [0, 0.1) is 23.7 Å². The molecule has 5 rings (SSSR count). The van der Waals surface area contributed by atoms with E-state index in [9.17, 15) is 9.59 Å². The highest BCUT2D eigenvalue weighted by Crippen LogP contribution is 2.55. The summed E-state index contributed by atoms with van der Waals surface area (Å²) in [4.78, 5) is 25.7. The van der Waals surface area contributed by atoms with Crippen LogP contribution in [0.4, 0.5) is 0 Å². The SMILES string of the molecule is CC1CCC(C)C2C3OC(C(OC(=O)c4ccccc4)C3OC(=O)c3ccccc3)C12. The van der Waals surface area contributed by atoms with Gasteiger partial charge in [-0.15, -0.1) is 0 Å². The maximum absolute atomic E-state index is 12.9. The maximum atomic E-state index is 12.9. The smallest absolute Gasteiger partial charge is 0.338 e. The predicted octanol–water partition coefficient (Wildman–Crippen LogP) is 4.52. The molecule has 162 valence electrons. The van der Waals surface area contributed by atoms with Gasteiger partial charge in [-0.25, -0.2) is 9.59 Å². The largest absolute Gasteiger partial charge is 0.452 e. The molecule has 0 radical (unpaired) electrons. The lowest BCUT2D eigenvalue weighted by molar-refractivity contribution is -0.0768. The fourth-order valence-corrected chi connectivity index (χ4v) is 5.88. The van der Waals surface area contributed by atoms with Crippen molar-refractivity contribution in [2.45, 2.75) is 51.1 Å². The Bertz CT molecular complexity index is 865. The lowest BCUT2D eigenvalue weighted by atomic mass is 9.61. The van der Waals surface area contributed by atoms with Crippen molar-refractivity contribution >= 4 is 11.9 Å². The number of hydrogen-bond donors (Lipinski definition) is 0. The highest BCUT2D eigenvalue weighted by Gasteiger charge is 2.65. The minimum absolute atomic E-state index is 0.242. The van der Waals surface area contributed by atoms with Gasteiger partial charge in [-0.2, -0.15) is 0 Å². The summed E-state index contributed by atoms with van der Waals surface area (Å²) >= 11 is 0. The molecule has 0 spiro atoms. The Kier molecular flexibility index (Phi) is 5.30. The van der Waals surface area contributed by atoms with Crippen LogP contribution in [-0.2, 0) is 14.2 Å². The van der Waals surface area contributed by atoms with Gasteiger partial charge in [0.05, 0.1) is 11.1 Å². The van der Waals surface area contributed by atoms with Crippen LogP contribution in [0.5, 0.6) is 0 Å². The number of carbonyl (C=O) groups is 2. The van der Waals surface area contributed by atoms with Crippen molar-refractivity contribution in [1.82, 2.24) is 0 Å². The molecule has 2 aromatic carbocycles. The standard InChI is InChI=1S/C26H28O5/c1-15-13-14-16(2)20-19(15)21-23(30-25(27)17-9-5-3-6-10-17)24(22(20)29-21)31-26(28)18-11-7-4-8-12-18/h3-12,15-16,19-24H,13-14H2,1-2H3. The monoisotopic (exact) mass is 420 g/mol. The summed E-state index contributed by atoms with van der Waals surface area (Å²) < 4.78 is 18.3. The molecule has 0 aromatic heterocycles. The second kappa shape index (κ2) is 8.12. The van der Waals surface area contributed by atoms with Gasteiger partial charge < -0.3 is 14.2 Å². The second-order valence-corrected chi connectivity index (χ2v) is 9.22. The van der Waals surface area contributed by atoms with E-state index in [0.29, 0.717) is 34.8 Å². The maximum Gasteiger partial charge on any atom is 0.338 e. The summed E-state index contributed by atoms with van der Waals surface area (Å²) in [6.07, 6.45) is 0.604. The number of ether oxygens (including phenoxy) is 3. The van der Waals surface area contributed by atoms with E-state index in [1.165, 1.54) is 0 Å². The van der Waals surface area contributed by atoms with Crippen molar-refractivity contribution in [2.24, 2.45) is 23.7 Å². The normalized spacial score (nSPS) is 35.9. The second-order valence-electron chi connectivity index (χ2n) is 9.22. The highest BCUT2D eigenvalue weighted by atomic mass is 16.6. The van der Waals surface area contributed by atoms with E-state index in [2.05, 4.69) is 13.8 Å². The summed E-state index contributed by atoms with van der Waals surface area (Å²) in [6.45, 7) is 4.52. The van der Waals surface area contributed by atoms with Crippen LogP contribution in [0.1, 0.15) is 47.4 Å². The first-order valence-corrected chi connectivity index (χ1v) is 11.2. The molecule has 2 saturated heterocycles. The van der Waals surface area contributed by atoms with Gasteiger partial charge in [0, 0.05) is 0 Å². The zero-order valence-corrected chi connectivity index (χ0v) is 17.8. The molecule has 1 aliphatic carbocycles. The Morgan fingerprint density at radius 2 is 1.10 bits per heavy atom. The molecule has 5 heteroatoms. The average molecular weight is 421 g/mol. The Morgan fingerprint density at radius 1 is 0.710 bits per heavy atom. The van der Waals surface area contributed by atoms with E-state index < -0.39 is 24.1 Å². The molecule has 2 aliphatic heterocycles. The van der Waals surface area contributed by atoms with Gasteiger partial charge in [0.1, 0.15) is 12.2 Å². The molecule has 3 fully saturated rings. The fourth-order valence-electron chi connectivity index (χ4n) is 5.88. The third-order valence-corrected chi connectivity index (χ3v) is 7.39. The summed E-state index contributed by atoms with van der Waals surface area (Å²) in [5.41, 5.74) is 0.972. The summed E-state index contributed by atoms with van der Waals surface area (Å²) in [7, 11) is 0. The Labute approximate surface area is 182 Å². The van der Waals surface area contributed by atoms with Gasteiger partial charge in [0.2, 0.25) is 0 Å². The van der Waals surface area contributed by atoms with Crippen molar-refractivity contribution < 1.29 is 23.8 Å². The van der Waals surface area contributed by atoms with E-state index in [4.69, 9.17) is 14.2 Å². The third kappa shape index (κ3) is 3.55. The molecule has 8 unspecified atom stereocenters. The Morgan fingerprint density at radius 3 is 1.48 bits per heavy atom. The number of hydrogen-bond acceptors (Lipinski definition) is 5. The molecule has 31 heavy (non-hydrogen) atoms. The average Bonchev–Trinajstić information content (AvgIpc) is 3.35. The number of esters is 2. The Balaban J connectivity index is 1.43. The van der Waals surface area contributed by atoms with Crippen molar-refractivity contribution in [3.8, 4) is 0 Å². The fraction of sp³-hybridized carbons (Fsp3) is 0.462. The Hall–Kier alpha value is -2.66. The van der Waals surface area contributed by atoms with E-state index in [0.717, 1.165) is 12.8 Å². The zero-order valence-electron chi connectivity index (χ0n) is 17.8. The van der Waals surface area contributed by atoms with Crippen LogP contribution in [0.3, 0.4) is 0 Å². The van der Waals surface area contributed by atoms with Crippen LogP contribution in [0.15, 0.2) is 60.7 Å². The molecule has 3 aliphatic rings. The van der Waals surface area contributed by atoms with Gasteiger partial charge >= 0.3 is 11.9 Å². The first-order valence-electron chi connectivity index (χ1n) is 11.2. The van der Waals surface area contributed by atoms with E-state index in [1.807, 2.05) is 36.4 Å². The van der Waals surface area contributed by atoms with Gasteiger partial charge in [0.25, 0.3) is 0 Å². The van der Waals surface area contributed by atoms with Crippen LogP contribution in [0.2, 0.25) is 0 Å². The molecule has 8 atom stereocenters. The molecule has 1 saturated carbocycles. The predicted molar refractivity (Wildman–Crippen MR) is 114 cm³/mol. The van der Waals surface area contributed by atoms with Gasteiger partial charge in [0.15, 0.2) is 12.2 Å². The molecule has 0 amide bonds. The molecule has 5 nitrogen and oxygen atoms in total. The van der Waals surface area contributed by atoms with Crippen molar-refractivity contribution in [3.63, 3.8) is 0 Å². The number of fused-ring (bicyclic) bond motifs is 5. The first-order chi connectivity index (χ1) is 15.0. The summed E-state index contributed by atoms with van der Waals surface area (Å²) in [5, 5.41) is 0. The molecule has 0 N–H and O–H groups in total. The zero-order chi connectivity index (χ0) is 21.5. The molecule has 2 heterocycles. The van der Waals surface area contributed by atoms with Gasteiger partial charge in [-0.1, -0.05) is 63.1 Å². The van der Waals surface area contributed by atoms with Crippen LogP contribution in [0.25, 0.3) is 0 Å². The number of rotatable bonds is 4. The quantitative estimate of drug-likeness (QED) is 0.681. The minimum Gasteiger partial charge on any atom is -0.452 e. The minimum atomic E-state index is -0.598. The van der Waals surface area contributed by atoms with E-state index in [-0.39, 0.29) is 12.2 Å². The van der Waals surface area contributed by atoms with Crippen molar-refractivity contribution in [3.05, 3.63) is 71.8 Å². The van der Waals surface area contributed by atoms with Crippen LogP contribution >= 0.6 is 0 Å². The molecular weight excluding hydrogens is 392 g/mol. The number of benzene rings is 2. The summed E-state index contributed by atoms with van der Waals surface area (Å²) in [5.74, 6) is 0.786. The van der Waals surface area contributed by atoms with Gasteiger partial charge in [-0.3, -0.25) is 0 Å². The molecule has 2 bridgehead atoms. The topological polar surface area (TPSA) is 61.8 Å². The first kappa shape index (κ1) is 20.3. The van der Waals surface area contributed by atoms with E-state index >= 15 is 0 Å². The van der Waals surface area contributed by atoms with E-state index in [1.54, 1.807) is 24.3 Å². The van der Waals surface area contributed by atoms with Gasteiger partial charge in [-0.05, 0) is 47.9 Å². The third-order valence-electron chi connectivity index (χ3n) is 7.39. The van der Waals surface area contributed by atoms with Crippen molar-refractivity contribution in [2.75, 3.05) is 0 Å².